The number of carbonyl (C=O) groups is 1. The van der Waals surface area contributed by atoms with E-state index in [2.05, 4.69) is 15.5 Å². The first kappa shape index (κ1) is 15.8. The molecule has 1 unspecified atom stereocenters. The van der Waals surface area contributed by atoms with Gasteiger partial charge in [0.2, 0.25) is 0 Å². The zero-order chi connectivity index (χ0) is 16.9. The summed E-state index contributed by atoms with van der Waals surface area (Å²) < 4.78 is 10.3. The van der Waals surface area contributed by atoms with Crippen molar-refractivity contribution < 1.29 is 19.1 Å². The summed E-state index contributed by atoms with van der Waals surface area (Å²) in [6.45, 7) is 0.0415. The number of methoxy groups -OCH3 is 1. The lowest BCUT2D eigenvalue weighted by molar-refractivity contribution is 0.0896. The Hall–Kier alpha value is -3.06. The number of H-pyrrole nitrogens is 1. The van der Waals surface area contributed by atoms with Crippen LogP contribution in [0.3, 0.4) is 0 Å². The lowest BCUT2D eigenvalue weighted by atomic mass is 10.1. The van der Waals surface area contributed by atoms with Gasteiger partial charge in [0.15, 0.2) is 0 Å². The summed E-state index contributed by atoms with van der Waals surface area (Å²) in [5.41, 5.74) is 1.77. The summed E-state index contributed by atoms with van der Waals surface area (Å²) in [6, 6.07) is 12.4. The van der Waals surface area contributed by atoms with E-state index in [-0.39, 0.29) is 12.5 Å². The average Bonchev–Trinajstić information content (AvgIpc) is 3.31. The van der Waals surface area contributed by atoms with Crippen LogP contribution in [0, 0.1) is 0 Å². The number of furan rings is 1. The minimum Gasteiger partial charge on any atom is -0.497 e. The van der Waals surface area contributed by atoms with Crippen molar-refractivity contribution in [1.29, 1.82) is 0 Å². The molecule has 7 heteroatoms. The Balaban J connectivity index is 1.65. The number of aliphatic hydroxyl groups excluding tert-OH is 1. The Morgan fingerprint density at radius 2 is 2.25 bits per heavy atom. The van der Waals surface area contributed by atoms with E-state index in [0.717, 1.165) is 5.56 Å². The molecule has 24 heavy (non-hydrogen) atoms. The van der Waals surface area contributed by atoms with Crippen LogP contribution in [0.2, 0.25) is 0 Å². The van der Waals surface area contributed by atoms with Gasteiger partial charge in [-0.2, -0.15) is 5.10 Å². The van der Waals surface area contributed by atoms with Gasteiger partial charge < -0.3 is 19.6 Å². The van der Waals surface area contributed by atoms with Crippen LogP contribution in [-0.2, 0) is 0 Å². The molecule has 0 aliphatic carbocycles. The fourth-order valence-corrected chi connectivity index (χ4v) is 2.23. The first-order chi connectivity index (χ1) is 11.7. The summed E-state index contributed by atoms with van der Waals surface area (Å²) in [4.78, 5) is 12.1. The third kappa shape index (κ3) is 3.47. The van der Waals surface area contributed by atoms with Gasteiger partial charge in [0.05, 0.1) is 25.6 Å². The van der Waals surface area contributed by atoms with Crippen molar-refractivity contribution in [1.82, 2.24) is 15.5 Å². The summed E-state index contributed by atoms with van der Waals surface area (Å²) in [5.74, 6) is 0.752. The maximum atomic E-state index is 12.1. The zero-order valence-corrected chi connectivity index (χ0v) is 13.0. The molecule has 3 aromatic rings. The molecule has 2 heterocycles. The van der Waals surface area contributed by atoms with Crippen LogP contribution in [0.5, 0.6) is 5.75 Å². The van der Waals surface area contributed by atoms with Crippen LogP contribution in [0.25, 0.3) is 11.3 Å². The maximum absolute atomic E-state index is 12.1. The van der Waals surface area contributed by atoms with Crippen molar-refractivity contribution in [3.8, 4) is 17.0 Å². The van der Waals surface area contributed by atoms with Gasteiger partial charge in [0.1, 0.15) is 23.3 Å². The van der Waals surface area contributed by atoms with Crippen LogP contribution < -0.4 is 10.1 Å². The smallest absolute Gasteiger partial charge is 0.269 e. The molecule has 3 rings (SSSR count). The van der Waals surface area contributed by atoms with Crippen LogP contribution in [-0.4, -0.2) is 34.9 Å². The molecule has 0 radical (unpaired) electrons. The normalized spacial score (nSPS) is 11.9. The number of hydrogen-bond acceptors (Lipinski definition) is 5. The highest BCUT2D eigenvalue weighted by Gasteiger charge is 2.15. The first-order valence-corrected chi connectivity index (χ1v) is 7.37. The maximum Gasteiger partial charge on any atom is 0.269 e. The number of hydrogen-bond donors (Lipinski definition) is 3. The van der Waals surface area contributed by atoms with Gasteiger partial charge in [0, 0.05) is 5.56 Å². The van der Waals surface area contributed by atoms with E-state index in [4.69, 9.17) is 9.15 Å². The Morgan fingerprint density at radius 3 is 3.00 bits per heavy atom. The largest absolute Gasteiger partial charge is 0.497 e. The number of aromatic nitrogens is 2. The third-order valence-corrected chi connectivity index (χ3v) is 3.52. The summed E-state index contributed by atoms with van der Waals surface area (Å²) >= 11 is 0. The van der Waals surface area contributed by atoms with E-state index < -0.39 is 6.10 Å². The predicted molar refractivity (Wildman–Crippen MR) is 86.6 cm³/mol. The molecule has 0 saturated carbocycles. The number of aliphatic hydroxyl groups is 1. The van der Waals surface area contributed by atoms with Crippen molar-refractivity contribution in [2.75, 3.05) is 13.7 Å². The Kier molecular flexibility index (Phi) is 4.62. The van der Waals surface area contributed by atoms with Crippen LogP contribution in [0.15, 0.2) is 53.1 Å². The van der Waals surface area contributed by atoms with Gasteiger partial charge in [-0.15, -0.1) is 0 Å². The number of rotatable bonds is 6. The second kappa shape index (κ2) is 7.01. The van der Waals surface area contributed by atoms with Gasteiger partial charge in [-0.3, -0.25) is 9.89 Å². The van der Waals surface area contributed by atoms with Crippen LogP contribution in [0.1, 0.15) is 22.4 Å². The van der Waals surface area contributed by atoms with E-state index in [1.165, 1.54) is 6.26 Å². The van der Waals surface area contributed by atoms with E-state index in [0.29, 0.717) is 22.9 Å². The molecular formula is C17H17N3O4. The molecule has 0 aliphatic heterocycles. The minimum absolute atomic E-state index is 0.0415. The highest BCUT2D eigenvalue weighted by molar-refractivity contribution is 5.93. The molecular weight excluding hydrogens is 310 g/mol. The molecule has 0 fully saturated rings. The van der Waals surface area contributed by atoms with Crippen LogP contribution in [0.4, 0.5) is 0 Å². The van der Waals surface area contributed by atoms with Crippen molar-refractivity contribution in [3.05, 3.63) is 60.2 Å². The molecule has 2 aromatic heterocycles. The first-order valence-electron chi connectivity index (χ1n) is 7.37. The van der Waals surface area contributed by atoms with Gasteiger partial charge in [0.25, 0.3) is 5.91 Å². The van der Waals surface area contributed by atoms with Gasteiger partial charge in [-0.25, -0.2) is 0 Å². The predicted octanol–water partition coefficient (Wildman–Crippen LogP) is 2.14. The second-order valence-corrected chi connectivity index (χ2v) is 5.14. The molecule has 3 N–H and O–H groups in total. The SMILES string of the molecule is COc1cccc(-c2cc(C(=O)NCC(O)c3ccco3)[nH]n2)c1. The molecule has 0 spiro atoms. The molecule has 1 amide bonds. The number of amides is 1. The van der Waals surface area contributed by atoms with Crippen molar-refractivity contribution in [2.24, 2.45) is 0 Å². The summed E-state index contributed by atoms with van der Waals surface area (Å²) in [7, 11) is 1.59. The van der Waals surface area contributed by atoms with Crippen molar-refractivity contribution in [3.63, 3.8) is 0 Å². The summed E-state index contributed by atoms with van der Waals surface area (Å²) in [6.07, 6.45) is 0.570. The highest BCUT2D eigenvalue weighted by Crippen LogP contribution is 2.22. The standard InChI is InChI=1S/C17H17N3O4/c1-23-12-5-2-4-11(8-12)13-9-14(20-19-13)17(22)18-10-15(21)16-6-3-7-24-16/h2-9,15,21H,10H2,1H3,(H,18,22)(H,19,20). The molecule has 0 bridgehead atoms. The average molecular weight is 327 g/mol. The topological polar surface area (TPSA) is 100 Å². The van der Waals surface area contributed by atoms with E-state index in [1.54, 1.807) is 25.3 Å². The number of nitrogens with one attached hydrogen (secondary N) is 2. The third-order valence-electron chi connectivity index (χ3n) is 3.52. The molecule has 1 aromatic carbocycles. The monoisotopic (exact) mass is 327 g/mol. The molecule has 0 saturated heterocycles. The number of carbonyl (C=O) groups excluding carboxylic acids is 1. The number of ether oxygens (including phenoxy) is 1. The van der Waals surface area contributed by atoms with Gasteiger partial charge >= 0.3 is 0 Å². The number of benzene rings is 1. The van der Waals surface area contributed by atoms with E-state index in [9.17, 15) is 9.90 Å². The minimum atomic E-state index is -0.898. The molecule has 1 atom stereocenters. The van der Waals surface area contributed by atoms with Gasteiger partial charge in [-0.1, -0.05) is 12.1 Å². The van der Waals surface area contributed by atoms with Gasteiger partial charge in [-0.05, 0) is 30.3 Å². The summed E-state index contributed by atoms with van der Waals surface area (Å²) in [5, 5.41) is 19.4. The van der Waals surface area contributed by atoms with E-state index in [1.807, 2.05) is 24.3 Å². The lowest BCUT2D eigenvalue weighted by Crippen LogP contribution is -2.28. The van der Waals surface area contributed by atoms with E-state index >= 15 is 0 Å². The Labute approximate surface area is 138 Å². The Bertz CT molecular complexity index is 811. The lowest BCUT2D eigenvalue weighted by Gasteiger charge is -2.08. The fraction of sp³-hybridized carbons (Fsp3) is 0.176. The number of aromatic amines is 1. The second-order valence-electron chi connectivity index (χ2n) is 5.14. The van der Waals surface area contributed by atoms with Crippen molar-refractivity contribution >= 4 is 5.91 Å². The number of nitrogens with zero attached hydrogens (tertiary/aromatic N) is 1. The molecule has 0 aliphatic rings. The molecule has 7 nitrogen and oxygen atoms in total. The molecule has 124 valence electrons. The van der Waals surface area contributed by atoms with Crippen molar-refractivity contribution in [2.45, 2.75) is 6.10 Å². The quantitative estimate of drug-likeness (QED) is 0.644. The zero-order valence-electron chi connectivity index (χ0n) is 13.0. The highest BCUT2D eigenvalue weighted by atomic mass is 16.5. The fourth-order valence-electron chi connectivity index (χ4n) is 2.23. The Morgan fingerprint density at radius 1 is 1.38 bits per heavy atom. The van der Waals surface area contributed by atoms with Crippen LogP contribution >= 0.6 is 0 Å².